The van der Waals surface area contributed by atoms with Crippen LogP contribution in [0.4, 0.5) is 0 Å². The molecule has 7 nitrogen and oxygen atoms in total. The van der Waals surface area contributed by atoms with Crippen molar-refractivity contribution in [1.29, 1.82) is 0 Å². The molecule has 0 atom stereocenters. The van der Waals surface area contributed by atoms with Gasteiger partial charge in [-0.15, -0.1) is 0 Å². The lowest BCUT2D eigenvalue weighted by molar-refractivity contribution is -0.122. The van der Waals surface area contributed by atoms with Crippen LogP contribution >= 0.6 is 0 Å². The summed E-state index contributed by atoms with van der Waals surface area (Å²) < 4.78 is 7.89. The molecule has 34 heavy (non-hydrogen) atoms. The fourth-order valence-corrected chi connectivity index (χ4v) is 4.93. The number of aromatic amines is 1. The Kier molecular flexibility index (Phi) is 7.12. The largest absolute Gasteiger partial charge is 0.493 e. The molecule has 1 amide bonds. The number of aromatic nitrogens is 2. The quantitative estimate of drug-likeness (QED) is 0.557. The van der Waals surface area contributed by atoms with Gasteiger partial charge in [0.15, 0.2) is 0 Å². The predicted octanol–water partition coefficient (Wildman–Crippen LogP) is 3.80. The fraction of sp³-hybridized carbons (Fsp3) is 0.481. The zero-order valence-corrected chi connectivity index (χ0v) is 20.9. The first-order valence-electron chi connectivity index (χ1n) is 12.2. The molecule has 4 rings (SSSR count). The van der Waals surface area contributed by atoms with E-state index in [0.717, 1.165) is 59.4 Å². The van der Waals surface area contributed by atoms with Crippen LogP contribution in [0.1, 0.15) is 43.7 Å². The van der Waals surface area contributed by atoms with Gasteiger partial charge in [0.05, 0.1) is 18.8 Å². The monoisotopic (exact) mass is 464 g/mol. The zero-order valence-electron chi connectivity index (χ0n) is 20.9. The number of amides is 1. The highest BCUT2D eigenvalue weighted by molar-refractivity contribution is 5.92. The normalized spacial score (nSPS) is 15.2. The lowest BCUT2D eigenvalue weighted by atomic mass is 9.96. The van der Waals surface area contributed by atoms with Crippen molar-refractivity contribution < 1.29 is 9.53 Å². The minimum absolute atomic E-state index is 0.0288. The van der Waals surface area contributed by atoms with Crippen LogP contribution in [-0.4, -0.2) is 53.6 Å². The lowest BCUT2D eigenvalue weighted by Gasteiger charge is -2.31. The van der Waals surface area contributed by atoms with E-state index in [9.17, 15) is 9.59 Å². The highest BCUT2D eigenvalue weighted by Gasteiger charge is 2.22. The number of carbonyl (C=O) groups excluding carboxylic acids is 1. The first kappa shape index (κ1) is 24.1. The van der Waals surface area contributed by atoms with Gasteiger partial charge < -0.3 is 19.6 Å². The van der Waals surface area contributed by atoms with E-state index < -0.39 is 0 Å². The number of nitrogens with zero attached hydrogens (tertiary/aromatic N) is 2. The fourth-order valence-electron chi connectivity index (χ4n) is 4.93. The maximum atomic E-state index is 12.2. The smallest absolute Gasteiger partial charge is 0.253 e. The van der Waals surface area contributed by atoms with Gasteiger partial charge in [-0.2, -0.15) is 0 Å². The minimum atomic E-state index is 0.0288. The highest BCUT2D eigenvalue weighted by atomic mass is 16.5. The summed E-state index contributed by atoms with van der Waals surface area (Å²) in [4.78, 5) is 29.6. The number of aryl methyl sites for hydroxylation is 2. The van der Waals surface area contributed by atoms with Crippen molar-refractivity contribution in [3.63, 3.8) is 0 Å². The number of carbonyl (C=O) groups is 1. The predicted molar refractivity (Wildman–Crippen MR) is 137 cm³/mol. The van der Waals surface area contributed by atoms with Crippen LogP contribution in [0.25, 0.3) is 22.2 Å². The molecule has 0 radical (unpaired) electrons. The molecule has 1 aliphatic heterocycles. The average Bonchev–Trinajstić information content (AvgIpc) is 3.21. The molecule has 0 bridgehead atoms. The Balaban J connectivity index is 1.51. The summed E-state index contributed by atoms with van der Waals surface area (Å²) in [6, 6.07) is 8.22. The summed E-state index contributed by atoms with van der Waals surface area (Å²) in [5.41, 5.74) is 5.15. The van der Waals surface area contributed by atoms with Gasteiger partial charge in [0.2, 0.25) is 5.91 Å². The van der Waals surface area contributed by atoms with Crippen LogP contribution in [0, 0.1) is 12.8 Å². The molecule has 0 spiro atoms. The van der Waals surface area contributed by atoms with Crippen molar-refractivity contribution in [3.05, 3.63) is 51.9 Å². The van der Waals surface area contributed by atoms with Crippen molar-refractivity contribution >= 4 is 16.8 Å². The molecule has 3 aromatic rings. The number of H-pyrrole nitrogens is 1. The number of benzene rings is 1. The van der Waals surface area contributed by atoms with Gasteiger partial charge in [-0.3, -0.25) is 14.5 Å². The Morgan fingerprint density at radius 2 is 1.97 bits per heavy atom. The van der Waals surface area contributed by atoms with E-state index >= 15 is 0 Å². The molecule has 3 heterocycles. The number of piperidine rings is 1. The van der Waals surface area contributed by atoms with E-state index in [1.165, 1.54) is 5.56 Å². The second-order valence-corrected chi connectivity index (χ2v) is 9.81. The van der Waals surface area contributed by atoms with Crippen molar-refractivity contribution in [2.75, 3.05) is 33.3 Å². The summed E-state index contributed by atoms with van der Waals surface area (Å²) in [6.45, 7) is 9.27. The van der Waals surface area contributed by atoms with Crippen LogP contribution in [0.3, 0.4) is 0 Å². The van der Waals surface area contributed by atoms with E-state index in [1.807, 2.05) is 25.3 Å². The van der Waals surface area contributed by atoms with Crippen molar-refractivity contribution in [2.45, 2.75) is 39.5 Å². The topological polar surface area (TPSA) is 79.4 Å². The SMILES string of the molecule is CNC(=O)CN1CCC(COc2ccc3[nH]c(-c4cc(C)c(=O)n(C)c4)c(C(C)C)c3c2)CC1. The standard InChI is InChI=1S/C27H36N4O3/c1-17(2)25-22-13-21(34-16-19-8-10-31(11-9-19)15-24(32)28-4)6-7-23(22)29-26(25)20-12-18(3)27(33)30(5)14-20/h6-7,12-14,17,19,29H,8-11,15-16H2,1-5H3,(H,28,32). The number of hydrogen-bond donors (Lipinski definition) is 2. The molecule has 2 aromatic heterocycles. The van der Waals surface area contributed by atoms with Gasteiger partial charge in [-0.1, -0.05) is 13.8 Å². The molecule has 7 heteroatoms. The first-order valence-corrected chi connectivity index (χ1v) is 12.2. The molecular weight excluding hydrogens is 428 g/mol. The number of ether oxygens (including phenoxy) is 1. The van der Waals surface area contributed by atoms with Crippen LogP contribution in [0.2, 0.25) is 0 Å². The third-order valence-electron chi connectivity index (χ3n) is 6.88. The van der Waals surface area contributed by atoms with Crippen molar-refractivity contribution in [3.8, 4) is 17.0 Å². The maximum Gasteiger partial charge on any atom is 0.253 e. The third kappa shape index (κ3) is 5.04. The Bertz CT molecular complexity index is 1210. The number of rotatable bonds is 7. The molecule has 1 aliphatic rings. The van der Waals surface area contributed by atoms with Gasteiger partial charge in [0.1, 0.15) is 5.75 Å². The van der Waals surface area contributed by atoms with E-state index in [1.54, 1.807) is 18.7 Å². The van der Waals surface area contributed by atoms with E-state index in [0.29, 0.717) is 25.0 Å². The Hall–Kier alpha value is -3.06. The maximum absolute atomic E-state index is 12.2. The summed E-state index contributed by atoms with van der Waals surface area (Å²) in [6.07, 6.45) is 3.98. The summed E-state index contributed by atoms with van der Waals surface area (Å²) in [5.74, 6) is 1.75. The molecule has 2 N–H and O–H groups in total. The van der Waals surface area contributed by atoms with E-state index in [2.05, 4.69) is 41.2 Å². The van der Waals surface area contributed by atoms with Gasteiger partial charge in [-0.05, 0) is 74.5 Å². The molecule has 1 aromatic carbocycles. The molecule has 182 valence electrons. The summed E-state index contributed by atoms with van der Waals surface area (Å²) in [5, 5.41) is 3.86. The molecule has 1 fully saturated rings. The Morgan fingerprint density at radius 1 is 1.24 bits per heavy atom. The number of pyridine rings is 1. The Labute approximate surface area is 201 Å². The number of hydrogen-bond acceptors (Lipinski definition) is 4. The molecule has 0 unspecified atom stereocenters. The van der Waals surface area contributed by atoms with Crippen molar-refractivity contribution in [1.82, 2.24) is 19.8 Å². The summed E-state index contributed by atoms with van der Waals surface area (Å²) in [7, 11) is 3.48. The van der Waals surface area contributed by atoms with Crippen LogP contribution < -0.4 is 15.6 Å². The minimum Gasteiger partial charge on any atom is -0.493 e. The second-order valence-electron chi connectivity index (χ2n) is 9.81. The summed E-state index contributed by atoms with van der Waals surface area (Å²) >= 11 is 0. The van der Waals surface area contributed by atoms with Gasteiger partial charge in [-0.25, -0.2) is 0 Å². The van der Waals surface area contributed by atoms with Crippen LogP contribution in [0.5, 0.6) is 5.75 Å². The Morgan fingerprint density at radius 3 is 2.62 bits per heavy atom. The number of likely N-dealkylation sites (tertiary alicyclic amines) is 1. The lowest BCUT2D eigenvalue weighted by Crippen LogP contribution is -2.41. The van der Waals surface area contributed by atoms with Gasteiger partial charge in [0.25, 0.3) is 5.56 Å². The van der Waals surface area contributed by atoms with Crippen LogP contribution in [-0.2, 0) is 11.8 Å². The second kappa shape index (κ2) is 10.1. The molecule has 0 saturated carbocycles. The van der Waals surface area contributed by atoms with E-state index in [-0.39, 0.29) is 11.5 Å². The average molecular weight is 465 g/mol. The third-order valence-corrected chi connectivity index (χ3v) is 6.88. The van der Waals surface area contributed by atoms with Crippen molar-refractivity contribution in [2.24, 2.45) is 13.0 Å². The number of fused-ring (bicyclic) bond motifs is 1. The van der Waals surface area contributed by atoms with Gasteiger partial charge >= 0.3 is 0 Å². The molecular formula is C27H36N4O3. The number of nitrogens with one attached hydrogen (secondary N) is 2. The molecule has 1 saturated heterocycles. The highest BCUT2D eigenvalue weighted by Crippen LogP contribution is 2.37. The van der Waals surface area contributed by atoms with E-state index in [4.69, 9.17) is 4.74 Å². The first-order chi connectivity index (χ1) is 16.3. The zero-order chi connectivity index (χ0) is 24.4. The number of likely N-dealkylation sites (N-methyl/N-ethyl adjacent to an activating group) is 1. The van der Waals surface area contributed by atoms with Gasteiger partial charge in [0, 0.05) is 42.3 Å². The molecule has 0 aliphatic carbocycles. The van der Waals surface area contributed by atoms with Crippen LogP contribution in [0.15, 0.2) is 35.3 Å².